The van der Waals surface area contributed by atoms with Crippen LogP contribution in [0.1, 0.15) is 32.1 Å². The Bertz CT molecular complexity index is 126. The third-order valence-electron chi connectivity index (χ3n) is 2.47. The molecule has 1 nitrogen and oxygen atoms in total. The van der Waals surface area contributed by atoms with Gasteiger partial charge in [-0.05, 0) is 19.3 Å². The first-order valence-electron chi connectivity index (χ1n) is 4.20. The van der Waals surface area contributed by atoms with Gasteiger partial charge in [0.1, 0.15) is 0 Å². The van der Waals surface area contributed by atoms with E-state index >= 15 is 0 Å². The van der Waals surface area contributed by atoms with Gasteiger partial charge >= 0.3 is 0 Å². The van der Waals surface area contributed by atoms with Crippen LogP contribution in [0.4, 0.5) is 0 Å². The highest BCUT2D eigenvalue weighted by molar-refractivity contribution is 8.07. The maximum Gasteiger partial charge on any atom is 0.0551 e. The molecule has 0 aromatic carbocycles. The van der Waals surface area contributed by atoms with Crippen LogP contribution in [0.25, 0.3) is 0 Å². The Morgan fingerprint density at radius 2 is 1.90 bits per heavy atom. The van der Waals surface area contributed by atoms with Crippen molar-refractivity contribution >= 4 is 11.8 Å². The van der Waals surface area contributed by atoms with Crippen LogP contribution in [0.2, 0.25) is 0 Å². The third-order valence-corrected chi connectivity index (χ3v) is 3.94. The normalized spacial score (nSPS) is 47.1. The second-order valence-electron chi connectivity index (χ2n) is 3.39. The Hall–Kier alpha value is 0.310. The fraction of sp³-hybridized carbons (Fsp3) is 1.00. The van der Waals surface area contributed by atoms with E-state index in [9.17, 15) is 5.11 Å². The lowest BCUT2D eigenvalue weighted by Gasteiger charge is -2.11. The molecule has 0 spiro atoms. The number of aliphatic hydroxyl groups excluding tert-OH is 1. The maximum absolute atomic E-state index is 9.40. The van der Waals surface area contributed by atoms with Crippen LogP contribution in [0, 0.1) is 0 Å². The average Bonchev–Trinajstić information content (AvgIpc) is 2.54. The molecule has 0 bridgehead atoms. The molecule has 2 rings (SSSR count). The van der Waals surface area contributed by atoms with Crippen LogP contribution >= 0.6 is 11.8 Å². The largest absolute Gasteiger partial charge is 0.393 e. The van der Waals surface area contributed by atoms with Gasteiger partial charge in [-0.25, -0.2) is 0 Å². The number of thioether (sulfide) groups is 1. The van der Waals surface area contributed by atoms with Crippen LogP contribution in [0.15, 0.2) is 0 Å². The standard InChI is InChI=1S/C8H14OS/c9-6-3-1-2-4-7-8(5-6)10-7/h6-9H,1-5H2/t6-,7-,8+/m1/s1. The van der Waals surface area contributed by atoms with Crippen molar-refractivity contribution in [2.24, 2.45) is 0 Å². The molecule has 0 aromatic rings. The fourth-order valence-corrected chi connectivity index (χ4v) is 2.99. The highest BCUT2D eigenvalue weighted by Gasteiger charge is 2.39. The smallest absolute Gasteiger partial charge is 0.0551 e. The summed E-state index contributed by atoms with van der Waals surface area (Å²) in [6, 6.07) is 0. The zero-order valence-electron chi connectivity index (χ0n) is 6.12. The van der Waals surface area contributed by atoms with Gasteiger partial charge in [-0.3, -0.25) is 0 Å². The molecule has 1 aliphatic carbocycles. The summed E-state index contributed by atoms with van der Waals surface area (Å²) >= 11 is 2.07. The molecule has 0 amide bonds. The van der Waals surface area contributed by atoms with E-state index in [4.69, 9.17) is 0 Å². The molecule has 0 aromatic heterocycles. The molecule has 1 N–H and O–H groups in total. The molecule has 3 atom stereocenters. The van der Waals surface area contributed by atoms with E-state index in [-0.39, 0.29) is 6.10 Å². The summed E-state index contributed by atoms with van der Waals surface area (Å²) in [7, 11) is 0. The first kappa shape index (κ1) is 6.99. The number of hydrogen-bond donors (Lipinski definition) is 1. The van der Waals surface area contributed by atoms with Crippen LogP contribution < -0.4 is 0 Å². The molecule has 1 saturated heterocycles. The van der Waals surface area contributed by atoms with E-state index in [1.165, 1.54) is 19.3 Å². The number of hydrogen-bond acceptors (Lipinski definition) is 2. The van der Waals surface area contributed by atoms with Gasteiger partial charge in [0.25, 0.3) is 0 Å². The minimum Gasteiger partial charge on any atom is -0.393 e. The van der Waals surface area contributed by atoms with Gasteiger partial charge in [0.15, 0.2) is 0 Å². The summed E-state index contributed by atoms with van der Waals surface area (Å²) in [6.45, 7) is 0. The van der Waals surface area contributed by atoms with E-state index in [0.717, 1.165) is 23.3 Å². The van der Waals surface area contributed by atoms with E-state index < -0.39 is 0 Å². The van der Waals surface area contributed by atoms with Crippen molar-refractivity contribution in [3.05, 3.63) is 0 Å². The van der Waals surface area contributed by atoms with Crippen LogP contribution in [-0.4, -0.2) is 21.7 Å². The third kappa shape index (κ3) is 1.48. The van der Waals surface area contributed by atoms with Gasteiger partial charge in [-0.15, -0.1) is 0 Å². The molecule has 1 saturated carbocycles. The van der Waals surface area contributed by atoms with E-state index in [0.29, 0.717) is 0 Å². The van der Waals surface area contributed by atoms with Crippen molar-refractivity contribution in [3.8, 4) is 0 Å². The lowest BCUT2D eigenvalue weighted by Crippen LogP contribution is -2.13. The first-order chi connectivity index (χ1) is 4.86. The predicted molar refractivity (Wildman–Crippen MR) is 44.3 cm³/mol. The summed E-state index contributed by atoms with van der Waals surface area (Å²) < 4.78 is 0. The van der Waals surface area contributed by atoms with Gasteiger partial charge in [0.2, 0.25) is 0 Å². The van der Waals surface area contributed by atoms with Crippen molar-refractivity contribution in [2.45, 2.75) is 48.7 Å². The van der Waals surface area contributed by atoms with Gasteiger partial charge < -0.3 is 5.11 Å². The molecular weight excluding hydrogens is 144 g/mol. The second-order valence-corrected chi connectivity index (χ2v) is 4.87. The Morgan fingerprint density at radius 1 is 1.10 bits per heavy atom. The van der Waals surface area contributed by atoms with Crippen LogP contribution in [0.5, 0.6) is 0 Å². The highest BCUT2D eigenvalue weighted by atomic mass is 32.2. The highest BCUT2D eigenvalue weighted by Crippen LogP contribution is 2.48. The van der Waals surface area contributed by atoms with Crippen molar-refractivity contribution < 1.29 is 5.11 Å². The molecule has 2 fully saturated rings. The van der Waals surface area contributed by atoms with Gasteiger partial charge in [-0.2, -0.15) is 11.8 Å². The predicted octanol–water partition coefficient (Wildman–Crippen LogP) is 1.80. The molecule has 0 unspecified atom stereocenters. The SMILES string of the molecule is O[C@@H]1CCCC[C@H]2S[C@H]2C1. The molecule has 2 aliphatic rings. The Kier molecular flexibility index (Phi) is 1.92. The van der Waals surface area contributed by atoms with Crippen molar-refractivity contribution in [3.63, 3.8) is 0 Å². The minimum absolute atomic E-state index is 0.0165. The van der Waals surface area contributed by atoms with Crippen molar-refractivity contribution in [2.75, 3.05) is 0 Å². The van der Waals surface area contributed by atoms with Crippen LogP contribution in [0.3, 0.4) is 0 Å². The van der Waals surface area contributed by atoms with Gasteiger partial charge in [0, 0.05) is 10.5 Å². The minimum atomic E-state index is 0.0165. The Morgan fingerprint density at radius 3 is 2.80 bits per heavy atom. The number of rotatable bonds is 0. The van der Waals surface area contributed by atoms with Crippen LogP contribution in [-0.2, 0) is 0 Å². The summed E-state index contributed by atoms with van der Waals surface area (Å²) in [5.74, 6) is 0. The van der Waals surface area contributed by atoms with Crippen molar-refractivity contribution in [1.82, 2.24) is 0 Å². The molecule has 1 aliphatic heterocycles. The van der Waals surface area contributed by atoms with Crippen molar-refractivity contribution in [1.29, 1.82) is 0 Å². The number of fused-ring (bicyclic) bond motifs is 1. The lowest BCUT2D eigenvalue weighted by molar-refractivity contribution is 0.148. The van der Waals surface area contributed by atoms with Gasteiger partial charge in [0.05, 0.1) is 6.10 Å². The average molecular weight is 158 g/mol. The Balaban J connectivity index is 1.85. The second kappa shape index (κ2) is 2.74. The molecule has 2 heteroatoms. The summed E-state index contributed by atoms with van der Waals surface area (Å²) in [6.07, 6.45) is 6.11. The molecular formula is C8H14OS. The maximum atomic E-state index is 9.40. The monoisotopic (exact) mass is 158 g/mol. The molecule has 58 valence electrons. The first-order valence-corrected chi connectivity index (χ1v) is 5.14. The molecule has 0 radical (unpaired) electrons. The van der Waals surface area contributed by atoms with Gasteiger partial charge in [-0.1, -0.05) is 12.8 Å². The lowest BCUT2D eigenvalue weighted by atomic mass is 9.99. The summed E-state index contributed by atoms with van der Waals surface area (Å²) in [4.78, 5) is 0. The zero-order valence-corrected chi connectivity index (χ0v) is 6.94. The topological polar surface area (TPSA) is 20.2 Å². The Labute approximate surface area is 66.2 Å². The summed E-state index contributed by atoms with van der Waals surface area (Å²) in [5, 5.41) is 11.2. The number of aliphatic hydroxyl groups is 1. The zero-order chi connectivity index (χ0) is 6.97. The molecule has 10 heavy (non-hydrogen) atoms. The molecule has 1 heterocycles. The summed E-state index contributed by atoms with van der Waals surface area (Å²) in [5.41, 5.74) is 0. The fourth-order valence-electron chi connectivity index (χ4n) is 1.75. The van der Waals surface area contributed by atoms with E-state index in [1.807, 2.05) is 0 Å². The van der Waals surface area contributed by atoms with E-state index in [2.05, 4.69) is 11.8 Å². The van der Waals surface area contributed by atoms with E-state index in [1.54, 1.807) is 0 Å². The quantitative estimate of drug-likeness (QED) is 0.542.